The standard InChI is InChI=1S/C23H17F6N3O3/c24-22(25,26)15-4-6-16(7-5-15)31-9-1-2-14-10-13(3-8-18(14)31)11-17-20(23(27,28)29)30-32(21(17)35)12-19(33)34/h3-8,10-11H,1-2,9,12H2,(H,33,34). The van der Waals surface area contributed by atoms with Crippen LogP contribution in [0.3, 0.4) is 0 Å². The van der Waals surface area contributed by atoms with Crippen molar-refractivity contribution in [3.63, 3.8) is 0 Å². The van der Waals surface area contributed by atoms with Crippen LogP contribution in [0.1, 0.15) is 23.1 Å². The molecular weight excluding hydrogens is 480 g/mol. The summed E-state index contributed by atoms with van der Waals surface area (Å²) in [5.41, 5.74) is -0.790. The summed E-state index contributed by atoms with van der Waals surface area (Å²) in [4.78, 5) is 25.1. The van der Waals surface area contributed by atoms with Crippen LogP contribution in [0.2, 0.25) is 0 Å². The zero-order valence-corrected chi connectivity index (χ0v) is 17.8. The molecule has 35 heavy (non-hydrogen) atoms. The Bertz CT molecular complexity index is 1230. The highest BCUT2D eigenvalue weighted by molar-refractivity contribution is 6.29. The Morgan fingerprint density at radius 3 is 2.31 bits per heavy atom. The van der Waals surface area contributed by atoms with E-state index in [0.29, 0.717) is 30.8 Å². The summed E-state index contributed by atoms with van der Waals surface area (Å²) in [6.07, 6.45) is -7.20. The van der Waals surface area contributed by atoms with E-state index in [1.165, 1.54) is 18.2 Å². The molecule has 2 aromatic carbocycles. The molecule has 0 aromatic heterocycles. The molecule has 4 rings (SSSR count). The Morgan fingerprint density at radius 1 is 1.03 bits per heavy atom. The van der Waals surface area contributed by atoms with Crippen molar-refractivity contribution in [2.75, 3.05) is 18.0 Å². The summed E-state index contributed by atoms with van der Waals surface area (Å²) in [5.74, 6) is -2.69. The number of amides is 1. The Morgan fingerprint density at radius 2 is 1.71 bits per heavy atom. The average molecular weight is 497 g/mol. The van der Waals surface area contributed by atoms with Gasteiger partial charge in [0.15, 0.2) is 5.71 Å². The fourth-order valence-electron chi connectivity index (χ4n) is 4.01. The quantitative estimate of drug-likeness (QED) is 0.476. The summed E-state index contributed by atoms with van der Waals surface area (Å²) in [6, 6.07) is 9.37. The molecule has 0 saturated carbocycles. The van der Waals surface area contributed by atoms with Crippen molar-refractivity contribution in [2.24, 2.45) is 5.10 Å². The summed E-state index contributed by atoms with van der Waals surface area (Å²) in [7, 11) is 0. The number of aryl methyl sites for hydroxylation is 1. The third-order valence-corrected chi connectivity index (χ3v) is 5.53. The predicted octanol–water partition coefficient (Wildman–Crippen LogP) is 5.02. The van der Waals surface area contributed by atoms with Gasteiger partial charge in [-0.15, -0.1) is 0 Å². The van der Waals surface area contributed by atoms with E-state index in [0.717, 1.165) is 23.8 Å². The molecule has 1 N–H and O–H groups in total. The zero-order chi connectivity index (χ0) is 25.5. The molecule has 0 unspecified atom stereocenters. The van der Waals surface area contributed by atoms with E-state index in [2.05, 4.69) is 5.10 Å². The molecule has 0 fully saturated rings. The lowest BCUT2D eigenvalue weighted by Gasteiger charge is -2.32. The molecule has 6 nitrogen and oxygen atoms in total. The van der Waals surface area contributed by atoms with Crippen molar-refractivity contribution in [1.29, 1.82) is 0 Å². The maximum atomic E-state index is 13.4. The minimum absolute atomic E-state index is 0.252. The third-order valence-electron chi connectivity index (χ3n) is 5.53. The first-order chi connectivity index (χ1) is 16.3. The molecule has 0 atom stereocenters. The first-order valence-corrected chi connectivity index (χ1v) is 10.3. The van der Waals surface area contributed by atoms with Crippen molar-refractivity contribution < 1.29 is 41.0 Å². The van der Waals surface area contributed by atoms with Gasteiger partial charge in [-0.2, -0.15) is 31.4 Å². The average Bonchev–Trinajstić information content (AvgIpc) is 3.08. The van der Waals surface area contributed by atoms with Crippen LogP contribution in [0, 0.1) is 0 Å². The summed E-state index contributed by atoms with van der Waals surface area (Å²) in [5, 5.41) is 12.3. The minimum Gasteiger partial charge on any atom is -0.480 e. The number of fused-ring (bicyclic) bond motifs is 1. The van der Waals surface area contributed by atoms with Gasteiger partial charge in [0.2, 0.25) is 0 Å². The Balaban J connectivity index is 1.66. The molecular formula is C23H17F6N3O3. The van der Waals surface area contributed by atoms with Gasteiger partial charge in [-0.25, -0.2) is 5.01 Å². The maximum Gasteiger partial charge on any atom is 0.435 e. The summed E-state index contributed by atoms with van der Waals surface area (Å²) < 4.78 is 78.9. The predicted molar refractivity (Wildman–Crippen MR) is 114 cm³/mol. The Kier molecular flexibility index (Phi) is 6.07. The first kappa shape index (κ1) is 24.3. The van der Waals surface area contributed by atoms with Gasteiger partial charge in [0.05, 0.1) is 11.1 Å². The number of alkyl halides is 6. The van der Waals surface area contributed by atoms with E-state index in [1.54, 1.807) is 12.1 Å². The van der Waals surface area contributed by atoms with Gasteiger partial charge in [-0.1, -0.05) is 6.07 Å². The van der Waals surface area contributed by atoms with Gasteiger partial charge in [0.1, 0.15) is 6.54 Å². The highest BCUT2D eigenvalue weighted by atomic mass is 19.4. The second-order valence-electron chi connectivity index (χ2n) is 7.95. The van der Waals surface area contributed by atoms with Gasteiger partial charge in [-0.05, 0) is 66.4 Å². The Hall–Kier alpha value is -3.83. The third kappa shape index (κ3) is 5.00. The number of carbonyl (C=O) groups excluding carboxylic acids is 1. The second kappa shape index (κ2) is 8.75. The van der Waals surface area contributed by atoms with Crippen LogP contribution in [0.4, 0.5) is 37.7 Å². The van der Waals surface area contributed by atoms with Gasteiger partial charge < -0.3 is 10.0 Å². The zero-order valence-electron chi connectivity index (χ0n) is 17.8. The number of carboxylic acids is 1. The number of rotatable bonds is 4. The number of benzene rings is 2. The van der Waals surface area contributed by atoms with Crippen LogP contribution in [0.15, 0.2) is 53.1 Å². The van der Waals surface area contributed by atoms with Crippen molar-refractivity contribution in [2.45, 2.75) is 25.2 Å². The van der Waals surface area contributed by atoms with Gasteiger partial charge in [0, 0.05) is 17.9 Å². The fraction of sp³-hybridized carbons (Fsp3) is 0.261. The number of carboxylic acid groups (broad SMARTS) is 1. The van der Waals surface area contributed by atoms with Crippen LogP contribution in [-0.2, 0) is 22.2 Å². The first-order valence-electron chi connectivity index (χ1n) is 10.3. The number of carbonyl (C=O) groups is 2. The van der Waals surface area contributed by atoms with E-state index in [1.807, 2.05) is 4.90 Å². The molecule has 184 valence electrons. The maximum absolute atomic E-state index is 13.4. The number of anilines is 2. The van der Waals surface area contributed by atoms with Gasteiger partial charge in [0.25, 0.3) is 5.91 Å². The number of halogens is 6. The fourth-order valence-corrected chi connectivity index (χ4v) is 4.01. The number of aliphatic carboxylic acids is 1. The second-order valence-corrected chi connectivity index (χ2v) is 7.95. The summed E-state index contributed by atoms with van der Waals surface area (Å²) in [6.45, 7) is -0.478. The normalized spacial score (nSPS) is 17.6. The van der Waals surface area contributed by atoms with Crippen molar-refractivity contribution in [3.8, 4) is 0 Å². The monoisotopic (exact) mass is 497 g/mol. The molecule has 0 bridgehead atoms. The lowest BCUT2D eigenvalue weighted by atomic mass is 9.97. The lowest BCUT2D eigenvalue weighted by Crippen LogP contribution is -2.28. The van der Waals surface area contributed by atoms with E-state index in [4.69, 9.17) is 5.11 Å². The van der Waals surface area contributed by atoms with E-state index in [-0.39, 0.29) is 10.6 Å². The lowest BCUT2D eigenvalue weighted by molar-refractivity contribution is -0.142. The minimum atomic E-state index is -4.97. The Labute approximate surface area is 194 Å². The van der Waals surface area contributed by atoms with E-state index < -0.39 is 47.6 Å². The largest absolute Gasteiger partial charge is 0.480 e. The molecule has 1 amide bonds. The molecule has 2 aliphatic heterocycles. The summed E-state index contributed by atoms with van der Waals surface area (Å²) >= 11 is 0. The smallest absolute Gasteiger partial charge is 0.435 e. The van der Waals surface area contributed by atoms with E-state index in [9.17, 15) is 35.9 Å². The van der Waals surface area contributed by atoms with Crippen molar-refractivity contribution >= 4 is 35.0 Å². The van der Waals surface area contributed by atoms with Crippen molar-refractivity contribution in [1.82, 2.24) is 5.01 Å². The molecule has 0 aliphatic carbocycles. The highest BCUT2D eigenvalue weighted by Crippen LogP contribution is 2.37. The number of hydrogen-bond donors (Lipinski definition) is 1. The SMILES string of the molecule is O=C(O)CN1N=C(C(F)(F)F)C(=Cc2ccc3c(c2)CCCN3c2ccc(C(F)(F)F)cc2)C1=O. The number of hydrazone groups is 1. The van der Waals surface area contributed by atoms with Crippen LogP contribution in [0.5, 0.6) is 0 Å². The molecule has 0 radical (unpaired) electrons. The number of nitrogens with zero attached hydrogens (tertiary/aromatic N) is 3. The molecule has 2 aliphatic rings. The topological polar surface area (TPSA) is 73.2 Å². The van der Waals surface area contributed by atoms with Crippen LogP contribution >= 0.6 is 0 Å². The van der Waals surface area contributed by atoms with Crippen LogP contribution in [-0.4, -0.2) is 47.0 Å². The molecule has 0 saturated heterocycles. The van der Waals surface area contributed by atoms with Gasteiger partial charge in [-0.3, -0.25) is 9.59 Å². The van der Waals surface area contributed by atoms with Crippen molar-refractivity contribution in [3.05, 3.63) is 64.7 Å². The van der Waals surface area contributed by atoms with Crippen LogP contribution in [0.25, 0.3) is 6.08 Å². The number of hydrogen-bond acceptors (Lipinski definition) is 4. The molecule has 12 heteroatoms. The van der Waals surface area contributed by atoms with Crippen LogP contribution < -0.4 is 4.90 Å². The van der Waals surface area contributed by atoms with Gasteiger partial charge >= 0.3 is 18.3 Å². The van der Waals surface area contributed by atoms with E-state index >= 15 is 0 Å². The molecule has 0 spiro atoms. The highest BCUT2D eigenvalue weighted by Gasteiger charge is 2.46. The molecule has 2 heterocycles. The molecule has 2 aromatic rings.